The summed E-state index contributed by atoms with van der Waals surface area (Å²) < 4.78 is 4.77. The summed E-state index contributed by atoms with van der Waals surface area (Å²) >= 11 is 0. The molecule has 0 spiro atoms. The quantitative estimate of drug-likeness (QED) is 0.832. The molecule has 1 atom stereocenters. The van der Waals surface area contributed by atoms with Gasteiger partial charge in [0.05, 0.1) is 7.11 Å². The first-order chi connectivity index (χ1) is 8.72. The van der Waals surface area contributed by atoms with Gasteiger partial charge in [-0.3, -0.25) is 0 Å². The van der Waals surface area contributed by atoms with Crippen LogP contribution in [0.3, 0.4) is 0 Å². The maximum absolute atomic E-state index is 11.6. The number of hydrogen-bond donors (Lipinski definition) is 1. The highest BCUT2D eigenvalue weighted by molar-refractivity contribution is 5.94. The number of ether oxygens (including phenoxy) is 1. The van der Waals surface area contributed by atoms with Crippen molar-refractivity contribution in [3.8, 4) is 0 Å². The van der Waals surface area contributed by atoms with Crippen LogP contribution >= 0.6 is 0 Å². The van der Waals surface area contributed by atoms with E-state index in [1.54, 1.807) is 18.3 Å². The summed E-state index contributed by atoms with van der Waals surface area (Å²) in [4.78, 5) is 15.9. The Kier molecular flexibility index (Phi) is 4.18. The summed E-state index contributed by atoms with van der Waals surface area (Å²) in [5, 5.41) is 3.36. The Morgan fingerprint density at radius 2 is 2.22 bits per heavy atom. The van der Waals surface area contributed by atoms with Gasteiger partial charge in [-0.25, -0.2) is 9.78 Å². The molecule has 1 heterocycles. The molecule has 1 aromatic rings. The number of anilines is 1. The number of aromatic nitrogens is 1. The van der Waals surface area contributed by atoms with E-state index in [-0.39, 0.29) is 5.97 Å². The largest absolute Gasteiger partial charge is 0.465 e. The molecule has 0 aliphatic heterocycles. The summed E-state index contributed by atoms with van der Waals surface area (Å²) in [5.41, 5.74) is 0.504. The van der Waals surface area contributed by atoms with Gasteiger partial charge in [0.15, 0.2) is 0 Å². The van der Waals surface area contributed by atoms with Crippen molar-refractivity contribution < 1.29 is 9.53 Å². The minimum absolute atomic E-state index is 0.339. The number of nitrogens with one attached hydrogen (secondary N) is 1. The Bertz CT molecular complexity index is 414. The standard InChI is InChI=1S/C14H20N2O2/c1-10(11-6-3-4-7-11)16-13-12(14(17)18-2)8-5-9-15-13/h5,8-11H,3-4,6-7H2,1-2H3,(H,15,16). The fourth-order valence-corrected chi connectivity index (χ4v) is 2.59. The van der Waals surface area contributed by atoms with Crippen molar-refractivity contribution in [1.82, 2.24) is 4.98 Å². The van der Waals surface area contributed by atoms with E-state index in [1.165, 1.54) is 32.8 Å². The lowest BCUT2D eigenvalue weighted by Crippen LogP contribution is -2.25. The van der Waals surface area contributed by atoms with Gasteiger partial charge >= 0.3 is 5.97 Å². The second-order valence-corrected chi connectivity index (χ2v) is 4.87. The van der Waals surface area contributed by atoms with Crippen LogP contribution in [0, 0.1) is 5.92 Å². The molecule has 18 heavy (non-hydrogen) atoms. The summed E-state index contributed by atoms with van der Waals surface area (Å²) in [6.07, 6.45) is 6.82. The second kappa shape index (κ2) is 5.85. The van der Waals surface area contributed by atoms with E-state index < -0.39 is 0 Å². The van der Waals surface area contributed by atoms with Crippen LogP contribution in [-0.4, -0.2) is 24.1 Å². The third-order valence-electron chi connectivity index (χ3n) is 3.68. The van der Waals surface area contributed by atoms with Crippen molar-refractivity contribution in [2.45, 2.75) is 38.6 Å². The maximum Gasteiger partial charge on any atom is 0.341 e. The van der Waals surface area contributed by atoms with Crippen LogP contribution in [-0.2, 0) is 4.74 Å². The summed E-state index contributed by atoms with van der Waals surface area (Å²) in [6.45, 7) is 2.16. The number of methoxy groups -OCH3 is 1. The molecule has 0 radical (unpaired) electrons. The van der Waals surface area contributed by atoms with Crippen LogP contribution in [0.15, 0.2) is 18.3 Å². The number of rotatable bonds is 4. The SMILES string of the molecule is COC(=O)c1cccnc1NC(C)C1CCCC1. The van der Waals surface area contributed by atoms with E-state index in [4.69, 9.17) is 4.74 Å². The maximum atomic E-state index is 11.6. The third kappa shape index (κ3) is 2.81. The lowest BCUT2D eigenvalue weighted by Gasteiger charge is -2.21. The number of hydrogen-bond acceptors (Lipinski definition) is 4. The highest BCUT2D eigenvalue weighted by atomic mass is 16.5. The van der Waals surface area contributed by atoms with Crippen LogP contribution in [0.1, 0.15) is 43.0 Å². The Morgan fingerprint density at radius 3 is 2.89 bits per heavy atom. The van der Waals surface area contributed by atoms with E-state index in [0.717, 1.165) is 0 Å². The van der Waals surface area contributed by atoms with Gasteiger partial charge in [0.2, 0.25) is 0 Å². The zero-order valence-electron chi connectivity index (χ0n) is 11.0. The average molecular weight is 248 g/mol. The Balaban J connectivity index is 2.10. The molecule has 2 rings (SSSR count). The van der Waals surface area contributed by atoms with Gasteiger partial charge < -0.3 is 10.1 Å². The van der Waals surface area contributed by atoms with Crippen molar-refractivity contribution >= 4 is 11.8 Å². The van der Waals surface area contributed by atoms with Gasteiger partial charge in [0, 0.05) is 12.2 Å². The zero-order chi connectivity index (χ0) is 13.0. The number of carbonyl (C=O) groups excluding carboxylic acids is 1. The van der Waals surface area contributed by atoms with Crippen LogP contribution < -0.4 is 5.32 Å². The molecule has 98 valence electrons. The van der Waals surface area contributed by atoms with Gasteiger partial charge in [0.25, 0.3) is 0 Å². The predicted octanol–water partition coefficient (Wildman–Crippen LogP) is 2.86. The van der Waals surface area contributed by atoms with Crippen molar-refractivity contribution in [2.24, 2.45) is 5.92 Å². The molecule has 1 saturated carbocycles. The molecule has 1 aliphatic carbocycles. The topological polar surface area (TPSA) is 51.2 Å². The van der Waals surface area contributed by atoms with Gasteiger partial charge in [0.1, 0.15) is 11.4 Å². The number of nitrogens with zero attached hydrogens (tertiary/aromatic N) is 1. The van der Waals surface area contributed by atoms with Crippen LogP contribution in [0.4, 0.5) is 5.82 Å². The molecular formula is C14H20N2O2. The first-order valence-electron chi connectivity index (χ1n) is 6.52. The Hall–Kier alpha value is -1.58. The molecular weight excluding hydrogens is 228 g/mol. The molecule has 0 aromatic carbocycles. The number of esters is 1. The first kappa shape index (κ1) is 12.9. The van der Waals surface area contributed by atoms with E-state index in [2.05, 4.69) is 17.2 Å². The predicted molar refractivity (Wildman–Crippen MR) is 70.6 cm³/mol. The molecule has 1 aliphatic rings. The fraction of sp³-hybridized carbons (Fsp3) is 0.571. The molecule has 4 nitrogen and oxygen atoms in total. The molecule has 0 saturated heterocycles. The van der Waals surface area contributed by atoms with E-state index in [0.29, 0.717) is 23.3 Å². The number of pyridine rings is 1. The molecule has 0 amide bonds. The van der Waals surface area contributed by atoms with E-state index in [9.17, 15) is 4.79 Å². The van der Waals surface area contributed by atoms with Gasteiger partial charge in [-0.15, -0.1) is 0 Å². The molecule has 0 bridgehead atoms. The molecule has 1 aromatic heterocycles. The van der Waals surface area contributed by atoms with E-state index in [1.807, 2.05) is 0 Å². The van der Waals surface area contributed by atoms with Crippen LogP contribution in [0.25, 0.3) is 0 Å². The van der Waals surface area contributed by atoms with Crippen molar-refractivity contribution in [3.05, 3.63) is 23.9 Å². The highest BCUT2D eigenvalue weighted by Crippen LogP contribution is 2.29. The van der Waals surface area contributed by atoms with Gasteiger partial charge in [-0.05, 0) is 37.8 Å². The molecule has 1 unspecified atom stereocenters. The minimum Gasteiger partial charge on any atom is -0.465 e. The lowest BCUT2D eigenvalue weighted by atomic mass is 9.99. The molecule has 1 N–H and O–H groups in total. The first-order valence-corrected chi connectivity index (χ1v) is 6.52. The summed E-state index contributed by atoms with van der Waals surface area (Å²) in [6, 6.07) is 3.83. The Labute approximate surface area is 108 Å². The zero-order valence-corrected chi connectivity index (χ0v) is 11.0. The Morgan fingerprint density at radius 1 is 1.50 bits per heavy atom. The van der Waals surface area contributed by atoms with Crippen molar-refractivity contribution in [2.75, 3.05) is 12.4 Å². The van der Waals surface area contributed by atoms with Crippen molar-refractivity contribution in [3.63, 3.8) is 0 Å². The highest BCUT2D eigenvalue weighted by Gasteiger charge is 2.23. The third-order valence-corrected chi connectivity index (χ3v) is 3.68. The molecule has 4 heteroatoms. The average Bonchev–Trinajstić information content (AvgIpc) is 2.92. The number of carbonyl (C=O) groups is 1. The summed E-state index contributed by atoms with van der Waals surface area (Å²) in [5.74, 6) is 0.963. The smallest absolute Gasteiger partial charge is 0.341 e. The minimum atomic E-state index is -0.343. The fourth-order valence-electron chi connectivity index (χ4n) is 2.59. The van der Waals surface area contributed by atoms with E-state index >= 15 is 0 Å². The normalized spacial score (nSPS) is 17.4. The summed E-state index contributed by atoms with van der Waals surface area (Å²) in [7, 11) is 1.39. The lowest BCUT2D eigenvalue weighted by molar-refractivity contribution is 0.0601. The van der Waals surface area contributed by atoms with Crippen LogP contribution in [0.5, 0.6) is 0 Å². The monoisotopic (exact) mass is 248 g/mol. The van der Waals surface area contributed by atoms with Gasteiger partial charge in [-0.1, -0.05) is 12.8 Å². The van der Waals surface area contributed by atoms with Crippen LogP contribution in [0.2, 0.25) is 0 Å². The second-order valence-electron chi connectivity index (χ2n) is 4.87. The van der Waals surface area contributed by atoms with Crippen molar-refractivity contribution in [1.29, 1.82) is 0 Å². The molecule has 1 fully saturated rings. The van der Waals surface area contributed by atoms with Gasteiger partial charge in [-0.2, -0.15) is 0 Å².